The van der Waals surface area contributed by atoms with Crippen LogP contribution < -0.4 is 0 Å². The largest absolute Gasteiger partial charge is 0.466 e. The first-order chi connectivity index (χ1) is 18.9. The number of carbonyl (C=O) groups excluding carboxylic acids is 4. The molecule has 11 heteroatoms. The van der Waals surface area contributed by atoms with Crippen LogP contribution in [0.3, 0.4) is 0 Å². The number of nitrogens with zero attached hydrogens (tertiary/aromatic N) is 2. The molecule has 0 amide bonds. The number of aliphatic hydroxyl groups excluding tert-OH is 3. The van der Waals surface area contributed by atoms with Gasteiger partial charge in [-0.15, -0.1) is 0 Å². The molecule has 222 valence electrons. The maximum atomic E-state index is 10.5. The molecular weight excluding hydrogens is 508 g/mol. The van der Waals surface area contributed by atoms with E-state index in [2.05, 4.69) is 21.3 Å². The maximum absolute atomic E-state index is 10.5. The molecular formula is C28H46N2O9. The van der Waals surface area contributed by atoms with Gasteiger partial charge in [-0.05, 0) is 88.9 Å². The number of aliphatic imine (C=N–C) groups is 2. The molecule has 2 aliphatic carbocycles. The summed E-state index contributed by atoms with van der Waals surface area (Å²) in [5, 5.41) is 23.3. The van der Waals surface area contributed by atoms with Crippen molar-refractivity contribution >= 4 is 24.1 Å². The van der Waals surface area contributed by atoms with Gasteiger partial charge in [0.25, 0.3) is 0 Å². The fraction of sp³-hybridized carbons (Fsp3) is 0.786. The Bertz CT molecular complexity index is 700. The second-order valence-corrected chi connectivity index (χ2v) is 9.60. The summed E-state index contributed by atoms with van der Waals surface area (Å²) in [6, 6.07) is 0.456. The zero-order chi connectivity index (χ0) is 29.1. The average Bonchev–Trinajstić information content (AvgIpc) is 3.22. The van der Waals surface area contributed by atoms with E-state index in [1.54, 1.807) is 12.2 Å². The number of hydrogen-bond donors (Lipinski definition) is 3. The van der Waals surface area contributed by atoms with E-state index in [0.717, 1.165) is 62.9 Å². The first kappa shape index (κ1) is 36.3. The van der Waals surface area contributed by atoms with Gasteiger partial charge in [-0.3, -0.25) is 4.79 Å². The third-order valence-electron chi connectivity index (χ3n) is 6.66. The van der Waals surface area contributed by atoms with Gasteiger partial charge in [0.15, 0.2) is 0 Å². The Morgan fingerprint density at radius 1 is 0.872 bits per heavy atom. The summed E-state index contributed by atoms with van der Waals surface area (Å²) in [7, 11) is 0. The van der Waals surface area contributed by atoms with Gasteiger partial charge in [0.05, 0.1) is 38.5 Å². The van der Waals surface area contributed by atoms with Gasteiger partial charge < -0.3 is 24.8 Å². The first-order valence-electron chi connectivity index (χ1n) is 13.8. The fourth-order valence-corrected chi connectivity index (χ4v) is 4.65. The fourth-order valence-electron chi connectivity index (χ4n) is 4.65. The molecule has 0 aromatic rings. The van der Waals surface area contributed by atoms with Crippen LogP contribution in [0.25, 0.3) is 0 Å². The minimum atomic E-state index is -0.501. The zero-order valence-corrected chi connectivity index (χ0v) is 23.0. The molecule has 3 aliphatic rings. The molecule has 0 aromatic heterocycles. The predicted octanol–water partition coefficient (Wildman–Crippen LogP) is 2.95. The highest BCUT2D eigenvalue weighted by Crippen LogP contribution is 2.36. The summed E-state index contributed by atoms with van der Waals surface area (Å²) >= 11 is 0. The lowest BCUT2D eigenvalue weighted by atomic mass is 9.76. The number of aliphatic hydroxyl groups is 3. The molecule has 3 fully saturated rings. The summed E-state index contributed by atoms with van der Waals surface area (Å²) < 4.78 is 9.10. The van der Waals surface area contributed by atoms with E-state index in [0.29, 0.717) is 13.0 Å². The number of hydrogen-bond acceptors (Lipinski definition) is 11. The number of esters is 2. The lowest BCUT2D eigenvalue weighted by Crippen LogP contribution is -2.23. The average molecular weight is 555 g/mol. The summed E-state index contributed by atoms with van der Waals surface area (Å²) in [5.74, 6) is 1.07. The van der Waals surface area contributed by atoms with Crippen molar-refractivity contribution in [1.29, 1.82) is 0 Å². The molecule has 0 spiro atoms. The summed E-state index contributed by atoms with van der Waals surface area (Å²) in [6.45, 7) is 3.45. The van der Waals surface area contributed by atoms with Crippen LogP contribution in [-0.4, -0.2) is 84.5 Å². The standard InChI is InChI=1S/C15H22N2O2.C6H10O2.C5H8O3.C2H6O2/c18-10-16-14-5-1-12(2-6-14)9-13-3-7-15(8-4-13)17-11-19;7-6-4-2-1-3-5-8-6;1-2-5(7)8-4-3-6;3-1-2-4/h12-15H,1-9H2;1-5H2;2,6H,1,3-4H2;3-4H,1-2H2. The van der Waals surface area contributed by atoms with Gasteiger partial charge >= 0.3 is 11.9 Å². The Balaban J connectivity index is 0.000000596. The van der Waals surface area contributed by atoms with Crippen molar-refractivity contribution in [2.75, 3.05) is 33.0 Å². The molecule has 3 rings (SSSR count). The molecule has 11 nitrogen and oxygen atoms in total. The van der Waals surface area contributed by atoms with Crippen molar-refractivity contribution in [2.45, 2.75) is 95.6 Å². The van der Waals surface area contributed by atoms with E-state index in [4.69, 9.17) is 20.1 Å². The lowest BCUT2D eigenvalue weighted by molar-refractivity contribution is -0.142. The SMILES string of the molecule is C=CC(=O)OCCO.O=C1CCCCCO1.O=C=NC1CCC(CC2CCC(N=C=O)CC2)CC1.OCCO. The van der Waals surface area contributed by atoms with Crippen LogP contribution in [0.5, 0.6) is 0 Å². The monoisotopic (exact) mass is 554 g/mol. The minimum absolute atomic E-state index is 0.0255. The molecule has 0 atom stereocenters. The Kier molecular flexibility index (Phi) is 23.8. The van der Waals surface area contributed by atoms with Crippen molar-refractivity contribution in [1.82, 2.24) is 0 Å². The van der Waals surface area contributed by atoms with Crippen LogP contribution in [0.4, 0.5) is 0 Å². The van der Waals surface area contributed by atoms with Crippen LogP contribution in [0.2, 0.25) is 0 Å². The van der Waals surface area contributed by atoms with Crippen LogP contribution in [0, 0.1) is 11.8 Å². The number of cyclic esters (lactones) is 1. The minimum Gasteiger partial charge on any atom is -0.466 e. The summed E-state index contributed by atoms with van der Waals surface area (Å²) in [4.78, 5) is 48.7. The third-order valence-corrected chi connectivity index (χ3v) is 6.66. The highest BCUT2D eigenvalue weighted by molar-refractivity contribution is 5.81. The summed E-state index contributed by atoms with van der Waals surface area (Å²) in [6.07, 6.45) is 18.5. The second kappa shape index (κ2) is 25.6. The number of rotatable bonds is 8. The van der Waals surface area contributed by atoms with Gasteiger partial charge in [0, 0.05) is 12.5 Å². The molecule has 0 aromatic carbocycles. The van der Waals surface area contributed by atoms with E-state index in [9.17, 15) is 19.2 Å². The van der Waals surface area contributed by atoms with Gasteiger partial charge in [-0.2, -0.15) is 0 Å². The Labute approximate surface area is 231 Å². The normalized spacial score (nSPS) is 23.9. The molecule has 0 radical (unpaired) electrons. The van der Waals surface area contributed by atoms with E-state index in [1.165, 1.54) is 32.1 Å². The van der Waals surface area contributed by atoms with E-state index < -0.39 is 5.97 Å². The van der Waals surface area contributed by atoms with Crippen LogP contribution in [0.15, 0.2) is 22.6 Å². The second-order valence-electron chi connectivity index (χ2n) is 9.60. The molecule has 1 heterocycles. The van der Waals surface area contributed by atoms with Gasteiger partial charge in [-0.1, -0.05) is 6.58 Å². The van der Waals surface area contributed by atoms with E-state index in [1.807, 2.05) is 0 Å². The van der Waals surface area contributed by atoms with Gasteiger partial charge in [0.2, 0.25) is 12.2 Å². The summed E-state index contributed by atoms with van der Waals surface area (Å²) in [5.41, 5.74) is 0. The van der Waals surface area contributed by atoms with Crippen LogP contribution in [-0.2, 0) is 28.7 Å². The van der Waals surface area contributed by atoms with Crippen molar-refractivity contribution < 1.29 is 44.0 Å². The molecule has 39 heavy (non-hydrogen) atoms. The quantitative estimate of drug-likeness (QED) is 0.176. The Morgan fingerprint density at radius 2 is 1.38 bits per heavy atom. The van der Waals surface area contributed by atoms with E-state index >= 15 is 0 Å². The topological polar surface area (TPSA) is 172 Å². The predicted molar refractivity (Wildman–Crippen MR) is 144 cm³/mol. The van der Waals surface area contributed by atoms with E-state index in [-0.39, 0.29) is 44.5 Å². The van der Waals surface area contributed by atoms with Crippen LogP contribution >= 0.6 is 0 Å². The Morgan fingerprint density at radius 3 is 1.79 bits per heavy atom. The molecule has 3 N–H and O–H groups in total. The van der Waals surface area contributed by atoms with Crippen molar-refractivity contribution in [3.8, 4) is 0 Å². The van der Waals surface area contributed by atoms with Gasteiger partial charge in [0.1, 0.15) is 6.61 Å². The van der Waals surface area contributed by atoms with Crippen molar-refractivity contribution in [2.24, 2.45) is 21.8 Å². The third kappa shape index (κ3) is 20.9. The molecule has 0 bridgehead atoms. The molecule has 2 saturated carbocycles. The van der Waals surface area contributed by atoms with Gasteiger partial charge in [-0.25, -0.2) is 24.4 Å². The molecule has 1 aliphatic heterocycles. The zero-order valence-electron chi connectivity index (χ0n) is 23.0. The highest BCUT2D eigenvalue weighted by atomic mass is 16.5. The highest BCUT2D eigenvalue weighted by Gasteiger charge is 2.26. The molecule has 1 saturated heterocycles. The first-order valence-corrected chi connectivity index (χ1v) is 13.8. The smallest absolute Gasteiger partial charge is 0.330 e. The molecule has 0 unspecified atom stereocenters. The number of ether oxygens (including phenoxy) is 2. The Hall–Kier alpha value is -2.68. The maximum Gasteiger partial charge on any atom is 0.330 e. The van der Waals surface area contributed by atoms with Crippen LogP contribution in [0.1, 0.15) is 83.5 Å². The number of carbonyl (C=O) groups is 2. The lowest BCUT2D eigenvalue weighted by Gasteiger charge is -2.31. The van der Waals surface area contributed by atoms with Crippen molar-refractivity contribution in [3.05, 3.63) is 12.7 Å². The number of isocyanates is 2. The van der Waals surface area contributed by atoms with Crippen molar-refractivity contribution in [3.63, 3.8) is 0 Å².